The van der Waals surface area contributed by atoms with Crippen LogP contribution in [0.5, 0.6) is 5.75 Å². The first-order chi connectivity index (χ1) is 15.1. The SMILES string of the molecule is CNC1COc2ccc(N3CC(C(NS(=O)O)C4CC4)C3)cc2C1Cc1ccccc1. The van der Waals surface area contributed by atoms with E-state index in [0.29, 0.717) is 24.4 Å². The molecule has 1 saturated carbocycles. The van der Waals surface area contributed by atoms with Crippen LogP contribution >= 0.6 is 0 Å². The molecule has 166 valence electrons. The molecule has 1 saturated heterocycles. The Balaban J connectivity index is 1.33. The normalized spacial score (nSPS) is 25.3. The molecule has 4 unspecified atom stereocenters. The molecular weight excluding hydrogens is 410 g/mol. The van der Waals surface area contributed by atoms with Crippen molar-refractivity contribution in [2.45, 2.75) is 37.3 Å². The lowest BCUT2D eigenvalue weighted by Gasteiger charge is -2.45. The molecule has 2 heterocycles. The summed E-state index contributed by atoms with van der Waals surface area (Å²) < 4.78 is 29.6. The number of hydrogen-bond donors (Lipinski definition) is 3. The number of rotatable bonds is 8. The van der Waals surface area contributed by atoms with Gasteiger partial charge in [-0.2, -0.15) is 0 Å². The first-order valence-corrected chi connectivity index (χ1v) is 12.3. The van der Waals surface area contributed by atoms with Crippen LogP contribution in [0.25, 0.3) is 0 Å². The van der Waals surface area contributed by atoms with Gasteiger partial charge in [0.1, 0.15) is 12.4 Å². The van der Waals surface area contributed by atoms with E-state index in [1.165, 1.54) is 16.8 Å². The molecule has 6 nitrogen and oxygen atoms in total. The lowest BCUT2D eigenvalue weighted by molar-refractivity contribution is 0.218. The van der Waals surface area contributed by atoms with Crippen LogP contribution in [0.4, 0.5) is 5.69 Å². The van der Waals surface area contributed by atoms with Crippen molar-refractivity contribution in [2.75, 3.05) is 31.6 Å². The third-order valence-electron chi connectivity index (χ3n) is 7.12. The van der Waals surface area contributed by atoms with E-state index in [2.05, 4.69) is 63.5 Å². The Morgan fingerprint density at radius 3 is 2.61 bits per heavy atom. The summed E-state index contributed by atoms with van der Waals surface area (Å²) in [4.78, 5) is 2.38. The highest BCUT2D eigenvalue weighted by Gasteiger charge is 2.43. The van der Waals surface area contributed by atoms with Gasteiger partial charge in [-0.3, -0.25) is 4.55 Å². The van der Waals surface area contributed by atoms with Crippen molar-refractivity contribution in [3.05, 3.63) is 59.7 Å². The second-order valence-corrected chi connectivity index (χ2v) is 9.85. The number of benzene rings is 2. The van der Waals surface area contributed by atoms with E-state index in [0.717, 1.165) is 38.1 Å². The molecule has 0 amide bonds. The minimum absolute atomic E-state index is 0.141. The standard InChI is InChI=1S/C24H31N3O3S/c1-25-22-15-30-23-10-9-19(12-21(23)20(22)11-16-5-3-2-4-6-16)27-13-18(14-27)24(17-7-8-17)26-31(28)29/h2-6,9-10,12,17-18,20,22,24-26H,7-8,11,13-15H2,1H3,(H,28,29). The summed E-state index contributed by atoms with van der Waals surface area (Å²) in [5.74, 6) is 2.31. The van der Waals surface area contributed by atoms with Gasteiger partial charge < -0.3 is 15.0 Å². The largest absolute Gasteiger partial charge is 0.492 e. The molecule has 7 heteroatoms. The van der Waals surface area contributed by atoms with Crippen molar-refractivity contribution >= 4 is 17.0 Å². The Kier molecular flexibility index (Phi) is 6.01. The highest BCUT2D eigenvalue weighted by molar-refractivity contribution is 7.77. The maximum atomic E-state index is 11.3. The Labute approximate surface area is 186 Å². The van der Waals surface area contributed by atoms with Gasteiger partial charge in [-0.15, -0.1) is 0 Å². The molecule has 0 bridgehead atoms. The number of nitrogens with one attached hydrogen (secondary N) is 2. The zero-order chi connectivity index (χ0) is 21.4. The van der Waals surface area contributed by atoms with Gasteiger partial charge >= 0.3 is 0 Å². The molecule has 31 heavy (non-hydrogen) atoms. The molecule has 2 aliphatic heterocycles. The van der Waals surface area contributed by atoms with Crippen LogP contribution in [0.2, 0.25) is 0 Å². The maximum absolute atomic E-state index is 11.3. The van der Waals surface area contributed by atoms with Crippen LogP contribution in [0.15, 0.2) is 48.5 Å². The zero-order valence-electron chi connectivity index (χ0n) is 17.9. The minimum atomic E-state index is -1.94. The Morgan fingerprint density at radius 1 is 1.16 bits per heavy atom. The van der Waals surface area contributed by atoms with Gasteiger partial charge in [-0.25, -0.2) is 8.93 Å². The molecule has 4 atom stereocenters. The predicted molar refractivity (Wildman–Crippen MR) is 124 cm³/mol. The van der Waals surface area contributed by atoms with Crippen LogP contribution < -0.4 is 19.7 Å². The fourth-order valence-corrected chi connectivity index (χ4v) is 5.79. The number of nitrogens with zero attached hydrogens (tertiary/aromatic N) is 1. The van der Waals surface area contributed by atoms with Crippen molar-refractivity contribution in [1.29, 1.82) is 0 Å². The zero-order valence-corrected chi connectivity index (χ0v) is 18.7. The van der Waals surface area contributed by atoms with Crippen LogP contribution in [-0.4, -0.2) is 47.6 Å². The van der Waals surface area contributed by atoms with E-state index < -0.39 is 11.3 Å². The topological polar surface area (TPSA) is 73.8 Å². The summed E-state index contributed by atoms with van der Waals surface area (Å²) in [6.07, 6.45) is 3.30. The first-order valence-electron chi connectivity index (χ1n) is 11.2. The Bertz CT molecular complexity index is 931. The molecule has 2 aromatic carbocycles. The number of likely N-dealkylation sites (N-methyl/N-ethyl adjacent to an activating group) is 1. The molecule has 5 rings (SSSR count). The van der Waals surface area contributed by atoms with Crippen molar-refractivity contribution in [3.8, 4) is 5.75 Å². The smallest absolute Gasteiger partial charge is 0.231 e. The second kappa shape index (κ2) is 8.90. The summed E-state index contributed by atoms with van der Waals surface area (Å²) in [7, 11) is 2.01. The molecule has 3 N–H and O–H groups in total. The summed E-state index contributed by atoms with van der Waals surface area (Å²) in [5.41, 5.74) is 3.82. The number of hydrogen-bond acceptors (Lipinski definition) is 4. The lowest BCUT2D eigenvalue weighted by Crippen LogP contribution is -2.57. The van der Waals surface area contributed by atoms with Gasteiger partial charge in [0.05, 0.1) is 0 Å². The molecule has 2 fully saturated rings. The molecule has 0 radical (unpaired) electrons. The van der Waals surface area contributed by atoms with Crippen LogP contribution in [0.3, 0.4) is 0 Å². The number of ether oxygens (including phenoxy) is 1. The Hall–Kier alpha value is -1.93. The first kappa shape index (κ1) is 20.9. The van der Waals surface area contributed by atoms with Gasteiger partial charge in [0.15, 0.2) is 0 Å². The van der Waals surface area contributed by atoms with Gasteiger partial charge in [0, 0.05) is 48.3 Å². The van der Waals surface area contributed by atoms with E-state index in [-0.39, 0.29) is 12.1 Å². The van der Waals surface area contributed by atoms with E-state index in [4.69, 9.17) is 4.74 Å². The molecule has 0 aromatic heterocycles. The fraction of sp³-hybridized carbons (Fsp3) is 0.500. The summed E-state index contributed by atoms with van der Waals surface area (Å²) in [6, 6.07) is 17.6. The van der Waals surface area contributed by atoms with Crippen molar-refractivity contribution in [1.82, 2.24) is 10.0 Å². The lowest BCUT2D eigenvalue weighted by atomic mass is 9.83. The second-order valence-electron chi connectivity index (χ2n) is 9.12. The van der Waals surface area contributed by atoms with Gasteiger partial charge in [-0.1, -0.05) is 30.3 Å². The molecule has 0 spiro atoms. The Morgan fingerprint density at radius 2 is 1.94 bits per heavy atom. The van der Waals surface area contributed by atoms with Crippen LogP contribution in [-0.2, 0) is 17.7 Å². The van der Waals surface area contributed by atoms with Crippen LogP contribution in [0.1, 0.15) is 29.9 Å². The van der Waals surface area contributed by atoms with E-state index in [1.807, 2.05) is 7.05 Å². The number of anilines is 1. The minimum Gasteiger partial charge on any atom is -0.492 e. The van der Waals surface area contributed by atoms with E-state index >= 15 is 0 Å². The third kappa shape index (κ3) is 4.51. The average Bonchev–Trinajstić information content (AvgIpc) is 3.58. The maximum Gasteiger partial charge on any atom is 0.231 e. The molecular formula is C24H31N3O3S. The fourth-order valence-electron chi connectivity index (χ4n) is 5.17. The van der Waals surface area contributed by atoms with E-state index in [9.17, 15) is 8.76 Å². The van der Waals surface area contributed by atoms with Gasteiger partial charge in [0.2, 0.25) is 11.3 Å². The third-order valence-corrected chi connectivity index (χ3v) is 7.59. The molecule has 3 aliphatic rings. The number of fused-ring (bicyclic) bond motifs is 1. The predicted octanol–water partition coefficient (Wildman–Crippen LogP) is 2.93. The van der Waals surface area contributed by atoms with Crippen molar-refractivity contribution < 1.29 is 13.5 Å². The summed E-state index contributed by atoms with van der Waals surface area (Å²) >= 11 is -1.94. The molecule has 1 aliphatic carbocycles. The van der Waals surface area contributed by atoms with Gasteiger partial charge in [0.25, 0.3) is 0 Å². The average molecular weight is 442 g/mol. The van der Waals surface area contributed by atoms with Gasteiger partial charge in [-0.05, 0) is 56.0 Å². The quantitative estimate of drug-likeness (QED) is 0.550. The summed E-state index contributed by atoms with van der Waals surface area (Å²) in [6.45, 7) is 2.52. The summed E-state index contributed by atoms with van der Waals surface area (Å²) in [5, 5.41) is 3.45. The van der Waals surface area contributed by atoms with Crippen molar-refractivity contribution in [3.63, 3.8) is 0 Å². The van der Waals surface area contributed by atoms with Crippen LogP contribution in [0, 0.1) is 11.8 Å². The monoisotopic (exact) mass is 441 g/mol. The highest BCUT2D eigenvalue weighted by Crippen LogP contribution is 2.42. The van der Waals surface area contributed by atoms with E-state index in [1.54, 1.807) is 0 Å². The van der Waals surface area contributed by atoms with Crippen molar-refractivity contribution in [2.24, 2.45) is 11.8 Å². The molecule has 2 aromatic rings. The highest BCUT2D eigenvalue weighted by atomic mass is 32.2.